The monoisotopic (exact) mass is 355 g/mol. The summed E-state index contributed by atoms with van der Waals surface area (Å²) in [5.74, 6) is -0.227. The standard InChI is InChI=1S/C16H17N7O3/c1-26-11-7-20-15(23-9-18-8-21-23)13-12(11)10(6-19-13)14(24)16(25)22-4-2-17-3-5-22/h6-9,17,19H,2-5H2,1H3. The lowest BCUT2D eigenvalue weighted by atomic mass is 10.1. The highest BCUT2D eigenvalue weighted by Crippen LogP contribution is 2.31. The van der Waals surface area contributed by atoms with Gasteiger partial charge >= 0.3 is 0 Å². The molecule has 3 aromatic rings. The van der Waals surface area contributed by atoms with Crippen molar-refractivity contribution in [2.75, 3.05) is 33.3 Å². The summed E-state index contributed by atoms with van der Waals surface area (Å²) in [6.45, 7) is 2.37. The van der Waals surface area contributed by atoms with Crippen LogP contribution in [0.3, 0.4) is 0 Å². The quantitative estimate of drug-likeness (QED) is 0.490. The van der Waals surface area contributed by atoms with Crippen molar-refractivity contribution >= 4 is 22.6 Å². The maximum atomic E-state index is 12.8. The molecule has 1 aliphatic heterocycles. The number of aromatic amines is 1. The first-order chi connectivity index (χ1) is 12.7. The van der Waals surface area contributed by atoms with E-state index in [-0.39, 0.29) is 5.56 Å². The van der Waals surface area contributed by atoms with E-state index < -0.39 is 11.7 Å². The maximum absolute atomic E-state index is 12.8. The number of fused-ring (bicyclic) bond motifs is 1. The largest absolute Gasteiger partial charge is 0.494 e. The second-order valence-corrected chi connectivity index (χ2v) is 5.81. The van der Waals surface area contributed by atoms with E-state index in [4.69, 9.17) is 4.74 Å². The normalized spacial score (nSPS) is 14.6. The van der Waals surface area contributed by atoms with Gasteiger partial charge < -0.3 is 19.9 Å². The van der Waals surface area contributed by atoms with Crippen LogP contribution < -0.4 is 10.1 Å². The molecule has 0 unspecified atom stereocenters. The molecule has 0 radical (unpaired) electrons. The smallest absolute Gasteiger partial charge is 0.295 e. The molecule has 1 aliphatic rings. The molecule has 1 saturated heterocycles. The minimum Gasteiger partial charge on any atom is -0.494 e. The van der Waals surface area contributed by atoms with Gasteiger partial charge in [0.25, 0.3) is 11.7 Å². The Balaban J connectivity index is 1.79. The summed E-state index contributed by atoms with van der Waals surface area (Å²) in [4.78, 5) is 38.3. The molecule has 0 aromatic carbocycles. The molecule has 1 fully saturated rings. The van der Waals surface area contributed by atoms with Crippen molar-refractivity contribution in [3.8, 4) is 11.6 Å². The highest BCUT2D eigenvalue weighted by molar-refractivity contribution is 6.45. The summed E-state index contributed by atoms with van der Waals surface area (Å²) >= 11 is 0. The van der Waals surface area contributed by atoms with Gasteiger partial charge in [-0.3, -0.25) is 9.59 Å². The zero-order valence-electron chi connectivity index (χ0n) is 14.1. The first-order valence-electron chi connectivity index (χ1n) is 8.14. The Morgan fingerprint density at radius 1 is 1.27 bits per heavy atom. The Labute approximate surface area is 148 Å². The van der Waals surface area contributed by atoms with Crippen LogP contribution in [0.15, 0.2) is 25.0 Å². The number of nitrogens with one attached hydrogen (secondary N) is 2. The van der Waals surface area contributed by atoms with E-state index in [1.165, 1.54) is 36.8 Å². The summed E-state index contributed by atoms with van der Waals surface area (Å²) < 4.78 is 6.84. The fourth-order valence-corrected chi connectivity index (χ4v) is 3.06. The molecule has 4 rings (SSSR count). The number of hydrogen-bond acceptors (Lipinski definition) is 7. The third-order valence-corrected chi connectivity index (χ3v) is 4.35. The topological polar surface area (TPSA) is 118 Å². The summed E-state index contributed by atoms with van der Waals surface area (Å²) in [7, 11) is 1.49. The molecule has 0 aliphatic carbocycles. The Hall–Kier alpha value is -3.27. The predicted molar refractivity (Wildman–Crippen MR) is 91.3 cm³/mol. The van der Waals surface area contributed by atoms with Crippen molar-refractivity contribution in [3.63, 3.8) is 0 Å². The number of H-pyrrole nitrogens is 1. The molecule has 0 bridgehead atoms. The lowest BCUT2D eigenvalue weighted by molar-refractivity contribution is -0.126. The highest BCUT2D eigenvalue weighted by Gasteiger charge is 2.28. The number of nitrogens with zero attached hydrogens (tertiary/aromatic N) is 5. The molecule has 2 N–H and O–H groups in total. The third-order valence-electron chi connectivity index (χ3n) is 4.35. The molecular weight excluding hydrogens is 338 g/mol. The van der Waals surface area contributed by atoms with E-state index >= 15 is 0 Å². The summed E-state index contributed by atoms with van der Waals surface area (Å²) in [5.41, 5.74) is 0.801. The molecule has 10 heteroatoms. The number of ketones is 1. The zero-order valence-corrected chi connectivity index (χ0v) is 14.1. The van der Waals surface area contributed by atoms with E-state index in [9.17, 15) is 9.59 Å². The number of aromatic nitrogens is 5. The molecule has 3 aromatic heterocycles. The van der Waals surface area contributed by atoms with Crippen LogP contribution in [0.4, 0.5) is 0 Å². The molecule has 134 valence electrons. The van der Waals surface area contributed by atoms with E-state index in [2.05, 4.69) is 25.4 Å². The first-order valence-corrected chi connectivity index (χ1v) is 8.14. The van der Waals surface area contributed by atoms with E-state index in [1.807, 2.05) is 0 Å². The van der Waals surface area contributed by atoms with Crippen molar-refractivity contribution in [1.82, 2.24) is 34.9 Å². The van der Waals surface area contributed by atoms with Crippen molar-refractivity contribution in [3.05, 3.63) is 30.6 Å². The van der Waals surface area contributed by atoms with Crippen LogP contribution in [0.2, 0.25) is 0 Å². The number of amides is 1. The Kier molecular flexibility index (Phi) is 4.09. The van der Waals surface area contributed by atoms with Crippen LogP contribution in [0.25, 0.3) is 16.7 Å². The average molecular weight is 355 g/mol. The number of pyridine rings is 1. The molecular formula is C16H17N7O3. The first kappa shape index (κ1) is 16.2. The number of carbonyl (C=O) groups excluding carboxylic acids is 2. The van der Waals surface area contributed by atoms with Gasteiger partial charge in [0.05, 0.1) is 29.8 Å². The van der Waals surface area contributed by atoms with Crippen LogP contribution in [-0.2, 0) is 4.79 Å². The number of rotatable bonds is 4. The van der Waals surface area contributed by atoms with Gasteiger partial charge in [0.2, 0.25) is 0 Å². The molecule has 26 heavy (non-hydrogen) atoms. The van der Waals surface area contributed by atoms with Gasteiger partial charge in [0, 0.05) is 32.4 Å². The number of hydrogen-bond donors (Lipinski definition) is 2. The second-order valence-electron chi connectivity index (χ2n) is 5.81. The van der Waals surface area contributed by atoms with Crippen LogP contribution in [0.5, 0.6) is 5.75 Å². The van der Waals surface area contributed by atoms with Crippen LogP contribution in [0.1, 0.15) is 10.4 Å². The number of Topliss-reactive ketones (excluding diaryl/α,β-unsaturated/α-hetero) is 1. The Morgan fingerprint density at radius 3 is 2.77 bits per heavy atom. The molecule has 1 amide bonds. The van der Waals surface area contributed by atoms with E-state index in [1.54, 1.807) is 4.90 Å². The van der Waals surface area contributed by atoms with Crippen LogP contribution in [0, 0.1) is 0 Å². The van der Waals surface area contributed by atoms with Gasteiger partial charge in [-0.15, -0.1) is 0 Å². The minimum absolute atomic E-state index is 0.254. The number of carbonyl (C=O) groups is 2. The van der Waals surface area contributed by atoms with Gasteiger partial charge in [-0.2, -0.15) is 5.10 Å². The van der Waals surface area contributed by atoms with E-state index in [0.29, 0.717) is 48.6 Å². The average Bonchev–Trinajstić information content (AvgIpc) is 3.37. The fraction of sp³-hybridized carbons (Fsp3) is 0.312. The van der Waals surface area contributed by atoms with Crippen molar-refractivity contribution in [2.45, 2.75) is 0 Å². The minimum atomic E-state index is -0.577. The van der Waals surface area contributed by atoms with Gasteiger partial charge in [-0.25, -0.2) is 14.6 Å². The molecule has 0 spiro atoms. The van der Waals surface area contributed by atoms with Gasteiger partial charge in [-0.05, 0) is 0 Å². The van der Waals surface area contributed by atoms with E-state index in [0.717, 1.165) is 0 Å². The third kappa shape index (κ3) is 2.60. The molecule has 4 heterocycles. The fourth-order valence-electron chi connectivity index (χ4n) is 3.06. The van der Waals surface area contributed by atoms with Crippen LogP contribution in [-0.4, -0.2) is 74.6 Å². The maximum Gasteiger partial charge on any atom is 0.295 e. The molecule has 0 saturated carbocycles. The second kappa shape index (κ2) is 6.56. The van der Waals surface area contributed by atoms with Gasteiger partial charge in [0.1, 0.15) is 18.4 Å². The Morgan fingerprint density at radius 2 is 2.08 bits per heavy atom. The Bertz CT molecular complexity index is 958. The molecule has 10 nitrogen and oxygen atoms in total. The highest BCUT2D eigenvalue weighted by atomic mass is 16.5. The zero-order chi connectivity index (χ0) is 18.1. The van der Waals surface area contributed by atoms with Crippen molar-refractivity contribution in [2.24, 2.45) is 0 Å². The predicted octanol–water partition coefficient (Wildman–Crippen LogP) is -0.233. The van der Waals surface area contributed by atoms with Crippen molar-refractivity contribution < 1.29 is 14.3 Å². The SMILES string of the molecule is COc1cnc(-n2cncn2)c2[nH]cc(C(=O)C(=O)N3CCNCC3)c12. The van der Waals surface area contributed by atoms with Gasteiger partial charge in [0.15, 0.2) is 5.82 Å². The lowest BCUT2D eigenvalue weighted by Gasteiger charge is -2.26. The summed E-state index contributed by atoms with van der Waals surface area (Å²) in [6, 6.07) is 0. The number of ether oxygens (including phenoxy) is 1. The van der Waals surface area contributed by atoms with Crippen molar-refractivity contribution in [1.29, 1.82) is 0 Å². The summed E-state index contributed by atoms with van der Waals surface area (Å²) in [5, 5.41) is 7.73. The number of piperazine rings is 1. The summed E-state index contributed by atoms with van der Waals surface area (Å²) in [6.07, 6.45) is 5.90. The lowest BCUT2D eigenvalue weighted by Crippen LogP contribution is -2.48. The number of methoxy groups -OCH3 is 1. The molecule has 0 atom stereocenters. The van der Waals surface area contributed by atoms with Crippen LogP contribution >= 0.6 is 0 Å². The van der Waals surface area contributed by atoms with Gasteiger partial charge in [-0.1, -0.05) is 0 Å².